The van der Waals surface area contributed by atoms with E-state index in [9.17, 15) is 4.79 Å². The predicted octanol–water partition coefficient (Wildman–Crippen LogP) is 7.00. The molecular formula is C30H48O4. The van der Waals surface area contributed by atoms with E-state index in [-0.39, 0.29) is 12.6 Å². The molecule has 0 aromatic heterocycles. The van der Waals surface area contributed by atoms with Gasteiger partial charge < -0.3 is 14.6 Å². The molecule has 0 heterocycles. The fraction of sp³-hybridized carbons (Fsp3) is 0.700. The van der Waals surface area contributed by atoms with Crippen LogP contribution in [0.25, 0.3) is 0 Å². The molecule has 0 saturated heterocycles. The molecule has 0 radical (unpaired) electrons. The first-order valence-corrected chi connectivity index (χ1v) is 13.6. The van der Waals surface area contributed by atoms with Gasteiger partial charge in [-0.3, -0.25) is 4.79 Å². The maximum absolute atomic E-state index is 10.8. The third-order valence-electron chi connectivity index (χ3n) is 7.50. The van der Waals surface area contributed by atoms with E-state index < -0.39 is 0 Å². The molecule has 2 aliphatic carbocycles. The Labute approximate surface area is 208 Å². The van der Waals surface area contributed by atoms with Crippen LogP contribution in [0.15, 0.2) is 36.9 Å². The number of ether oxygens (including phenoxy) is 2. The molecule has 4 nitrogen and oxygen atoms in total. The topological polar surface area (TPSA) is 55.8 Å². The van der Waals surface area contributed by atoms with E-state index in [1.54, 1.807) is 0 Å². The first-order chi connectivity index (χ1) is 16.6. The molecule has 2 saturated carbocycles. The standard InChI is InChI=1S/C27H42O3.C3H6O/c1-3-4-19-30-27-17-15-26(16-18-27)25-13-11-24(12-14-25)23-9-7-22(8-10-23)6-5-20-29-21(2)28;1-2-3-4/h7-10,24-27H,3-6,11-20H2,1-2H3;2,4H,1,3H2. The number of carbonyl (C=O) groups excluding carboxylic acids is 1. The van der Waals surface area contributed by atoms with Crippen LogP contribution in [0.4, 0.5) is 0 Å². The number of hydrogen-bond donors (Lipinski definition) is 1. The minimum absolute atomic E-state index is 0.0833. The predicted molar refractivity (Wildman–Crippen MR) is 140 cm³/mol. The van der Waals surface area contributed by atoms with E-state index in [2.05, 4.69) is 37.8 Å². The largest absolute Gasteiger partial charge is 0.466 e. The zero-order valence-corrected chi connectivity index (χ0v) is 21.7. The number of unbranched alkanes of at least 4 members (excludes halogenated alkanes) is 1. The van der Waals surface area contributed by atoms with Crippen molar-refractivity contribution in [3.05, 3.63) is 48.0 Å². The summed E-state index contributed by atoms with van der Waals surface area (Å²) in [6.07, 6.45) is 17.1. The lowest BCUT2D eigenvalue weighted by Crippen LogP contribution is -2.28. The zero-order chi connectivity index (χ0) is 24.6. The summed E-state index contributed by atoms with van der Waals surface area (Å²) in [6.45, 7) is 8.50. The Hall–Kier alpha value is -1.65. The maximum Gasteiger partial charge on any atom is 0.302 e. The van der Waals surface area contributed by atoms with Gasteiger partial charge in [0.05, 0.1) is 19.3 Å². The lowest BCUT2D eigenvalue weighted by Gasteiger charge is -2.38. The van der Waals surface area contributed by atoms with E-state index in [1.807, 2.05) is 0 Å². The Morgan fingerprint density at radius 1 is 0.971 bits per heavy atom. The summed E-state index contributed by atoms with van der Waals surface area (Å²) >= 11 is 0. The van der Waals surface area contributed by atoms with Crippen molar-refractivity contribution < 1.29 is 19.4 Å². The van der Waals surface area contributed by atoms with Crippen LogP contribution in [0.1, 0.15) is 102 Å². The smallest absolute Gasteiger partial charge is 0.302 e. The monoisotopic (exact) mass is 472 g/mol. The molecule has 0 amide bonds. The maximum atomic E-state index is 10.8. The average molecular weight is 473 g/mol. The van der Waals surface area contributed by atoms with Crippen LogP contribution >= 0.6 is 0 Å². The number of aliphatic hydroxyl groups excluding tert-OH is 1. The zero-order valence-electron chi connectivity index (χ0n) is 21.7. The van der Waals surface area contributed by atoms with Crippen LogP contribution in [0.2, 0.25) is 0 Å². The number of aryl methyl sites for hydroxylation is 1. The highest BCUT2D eigenvalue weighted by molar-refractivity contribution is 5.65. The molecular weight excluding hydrogens is 424 g/mol. The summed E-state index contributed by atoms with van der Waals surface area (Å²) in [5.74, 6) is 2.44. The molecule has 1 aromatic carbocycles. The minimum atomic E-state index is -0.186. The molecule has 0 atom stereocenters. The van der Waals surface area contributed by atoms with Gasteiger partial charge in [-0.1, -0.05) is 43.7 Å². The van der Waals surface area contributed by atoms with E-state index in [4.69, 9.17) is 14.6 Å². The van der Waals surface area contributed by atoms with E-state index >= 15 is 0 Å². The fourth-order valence-corrected chi connectivity index (χ4v) is 5.49. The van der Waals surface area contributed by atoms with Gasteiger partial charge in [0.15, 0.2) is 0 Å². The molecule has 2 aliphatic rings. The van der Waals surface area contributed by atoms with Crippen molar-refractivity contribution >= 4 is 5.97 Å². The van der Waals surface area contributed by atoms with Gasteiger partial charge in [-0.15, -0.1) is 6.58 Å². The van der Waals surface area contributed by atoms with Crippen molar-refractivity contribution in [2.45, 2.75) is 103 Å². The van der Waals surface area contributed by atoms with Gasteiger partial charge in [0.2, 0.25) is 0 Å². The van der Waals surface area contributed by atoms with Gasteiger partial charge in [0, 0.05) is 13.5 Å². The number of esters is 1. The lowest BCUT2D eigenvalue weighted by atomic mass is 9.69. The summed E-state index contributed by atoms with van der Waals surface area (Å²) in [5, 5.41) is 7.76. The van der Waals surface area contributed by atoms with Gasteiger partial charge >= 0.3 is 5.97 Å². The minimum Gasteiger partial charge on any atom is -0.466 e. The first-order valence-electron chi connectivity index (χ1n) is 13.6. The third kappa shape index (κ3) is 10.7. The van der Waals surface area contributed by atoms with Gasteiger partial charge in [-0.2, -0.15) is 0 Å². The summed E-state index contributed by atoms with van der Waals surface area (Å²) in [7, 11) is 0. The Morgan fingerprint density at radius 2 is 1.56 bits per heavy atom. The van der Waals surface area contributed by atoms with E-state index in [0.717, 1.165) is 37.2 Å². The van der Waals surface area contributed by atoms with Gasteiger partial charge in [0.25, 0.3) is 0 Å². The Morgan fingerprint density at radius 3 is 2.09 bits per heavy atom. The van der Waals surface area contributed by atoms with Gasteiger partial charge in [-0.25, -0.2) is 0 Å². The highest BCUT2D eigenvalue weighted by Crippen LogP contribution is 2.43. The van der Waals surface area contributed by atoms with Crippen molar-refractivity contribution in [3.8, 4) is 0 Å². The molecule has 1 aromatic rings. The molecule has 2 fully saturated rings. The summed E-state index contributed by atoms with van der Waals surface area (Å²) in [6, 6.07) is 9.22. The second kappa shape index (κ2) is 16.9. The van der Waals surface area contributed by atoms with Crippen molar-refractivity contribution in [2.75, 3.05) is 19.8 Å². The molecule has 1 N–H and O–H groups in total. The number of hydrogen-bond acceptors (Lipinski definition) is 4. The SMILES string of the molecule is C=CCO.CCCCOC1CCC(C2CCC(c3ccc(CCCOC(C)=O)cc3)CC2)CC1. The first kappa shape index (κ1) is 28.6. The van der Waals surface area contributed by atoms with Crippen molar-refractivity contribution in [1.29, 1.82) is 0 Å². The highest BCUT2D eigenvalue weighted by atomic mass is 16.5. The quantitative estimate of drug-likeness (QED) is 0.214. The van der Waals surface area contributed by atoms with Crippen molar-refractivity contribution in [3.63, 3.8) is 0 Å². The van der Waals surface area contributed by atoms with Gasteiger partial charge in [-0.05, 0) is 99.5 Å². The molecule has 0 aliphatic heterocycles. The third-order valence-corrected chi connectivity index (χ3v) is 7.50. The number of benzene rings is 1. The molecule has 4 heteroatoms. The van der Waals surface area contributed by atoms with Crippen LogP contribution in [0, 0.1) is 11.8 Å². The number of carbonyl (C=O) groups is 1. The van der Waals surface area contributed by atoms with E-state index in [1.165, 1.54) is 88.3 Å². The Balaban J connectivity index is 0.000000945. The normalized spacial score (nSPS) is 24.6. The summed E-state index contributed by atoms with van der Waals surface area (Å²) in [5.41, 5.74) is 2.86. The van der Waals surface area contributed by atoms with Crippen LogP contribution in [-0.4, -0.2) is 37.0 Å². The van der Waals surface area contributed by atoms with Crippen LogP contribution in [0.5, 0.6) is 0 Å². The molecule has 0 bridgehead atoms. The van der Waals surface area contributed by atoms with Crippen molar-refractivity contribution in [2.24, 2.45) is 11.8 Å². The second-order valence-corrected chi connectivity index (χ2v) is 10.0. The van der Waals surface area contributed by atoms with Crippen molar-refractivity contribution in [1.82, 2.24) is 0 Å². The Bertz CT molecular complexity index is 668. The molecule has 0 spiro atoms. The van der Waals surface area contributed by atoms with Crippen LogP contribution in [-0.2, 0) is 20.7 Å². The summed E-state index contributed by atoms with van der Waals surface area (Å²) < 4.78 is 11.1. The lowest BCUT2D eigenvalue weighted by molar-refractivity contribution is -0.141. The molecule has 0 unspecified atom stereocenters. The molecule has 34 heavy (non-hydrogen) atoms. The Kier molecular flexibility index (Phi) is 14.2. The molecule has 3 rings (SSSR count). The average Bonchev–Trinajstić information content (AvgIpc) is 2.88. The van der Waals surface area contributed by atoms with Crippen LogP contribution < -0.4 is 0 Å². The fourth-order valence-electron chi connectivity index (χ4n) is 5.49. The summed E-state index contributed by atoms with van der Waals surface area (Å²) in [4.78, 5) is 10.8. The second-order valence-electron chi connectivity index (χ2n) is 10.0. The number of rotatable bonds is 11. The number of aliphatic hydroxyl groups is 1. The van der Waals surface area contributed by atoms with Crippen LogP contribution in [0.3, 0.4) is 0 Å². The molecule has 192 valence electrons. The van der Waals surface area contributed by atoms with Gasteiger partial charge in [0.1, 0.15) is 0 Å². The van der Waals surface area contributed by atoms with E-state index in [0.29, 0.717) is 12.7 Å². The highest BCUT2D eigenvalue weighted by Gasteiger charge is 2.31.